The number of aromatic nitrogens is 2. The molecule has 9 heteroatoms. The summed E-state index contributed by atoms with van der Waals surface area (Å²) in [5.74, 6) is -0.209. The number of carbonyl (C=O) groups is 3. The summed E-state index contributed by atoms with van der Waals surface area (Å²) < 4.78 is 1.43. The fourth-order valence-electron chi connectivity index (χ4n) is 3.98. The Morgan fingerprint density at radius 3 is 2.24 bits per heavy atom. The average Bonchev–Trinajstić information content (AvgIpc) is 3.14. The molecule has 1 aliphatic rings. The van der Waals surface area contributed by atoms with Gasteiger partial charge in [-0.1, -0.05) is 37.6 Å². The number of rotatable bonds is 5. The van der Waals surface area contributed by atoms with Gasteiger partial charge in [0, 0.05) is 43.7 Å². The lowest BCUT2D eigenvalue weighted by Gasteiger charge is -2.35. The van der Waals surface area contributed by atoms with Gasteiger partial charge >= 0.3 is 0 Å². The van der Waals surface area contributed by atoms with Gasteiger partial charge in [0.15, 0.2) is 0 Å². The van der Waals surface area contributed by atoms with Crippen LogP contribution in [-0.4, -0.2) is 63.3 Å². The van der Waals surface area contributed by atoms with Crippen molar-refractivity contribution in [2.45, 2.75) is 20.3 Å². The van der Waals surface area contributed by atoms with Crippen LogP contribution < -0.4 is 5.73 Å². The van der Waals surface area contributed by atoms with Crippen molar-refractivity contribution < 1.29 is 14.4 Å². The van der Waals surface area contributed by atoms with Gasteiger partial charge in [0.1, 0.15) is 5.69 Å². The van der Waals surface area contributed by atoms with Crippen molar-refractivity contribution in [1.29, 1.82) is 0 Å². The first-order chi connectivity index (χ1) is 15.7. The molecular weight excluding hydrogens is 442 g/mol. The Morgan fingerprint density at radius 2 is 1.64 bits per heavy atom. The maximum Gasteiger partial charge on any atom is 0.267 e. The number of primary amides is 1. The number of fused-ring (bicyclic) bond motifs is 1. The zero-order valence-corrected chi connectivity index (χ0v) is 19.4. The van der Waals surface area contributed by atoms with Gasteiger partial charge in [-0.15, -0.1) is 0 Å². The summed E-state index contributed by atoms with van der Waals surface area (Å²) in [5, 5.41) is 4.89. The van der Waals surface area contributed by atoms with Gasteiger partial charge in [0.2, 0.25) is 5.91 Å². The topological polar surface area (TPSA) is 101 Å². The number of hydrogen-bond donors (Lipinski definition) is 1. The summed E-state index contributed by atoms with van der Waals surface area (Å²) in [7, 11) is 0. The normalized spacial score (nSPS) is 14.2. The second kappa shape index (κ2) is 9.23. The third kappa shape index (κ3) is 4.71. The van der Waals surface area contributed by atoms with Crippen LogP contribution in [0.1, 0.15) is 41.1 Å². The molecule has 2 aromatic heterocycles. The highest BCUT2D eigenvalue weighted by molar-refractivity contribution is 6.34. The molecule has 2 N–H and O–H groups in total. The fraction of sp³-hybridized carbons (Fsp3) is 0.333. The molecule has 3 amide bonds. The molecule has 33 heavy (non-hydrogen) atoms. The molecule has 0 bridgehead atoms. The van der Waals surface area contributed by atoms with Crippen molar-refractivity contribution >= 4 is 34.8 Å². The van der Waals surface area contributed by atoms with Gasteiger partial charge in [-0.3, -0.25) is 14.4 Å². The summed E-state index contributed by atoms with van der Waals surface area (Å²) in [4.78, 5) is 40.5. The lowest BCUT2D eigenvalue weighted by molar-refractivity contribution is -0.133. The van der Waals surface area contributed by atoms with E-state index < -0.39 is 5.91 Å². The van der Waals surface area contributed by atoms with Crippen LogP contribution in [0.15, 0.2) is 42.5 Å². The number of amides is 3. The van der Waals surface area contributed by atoms with Gasteiger partial charge < -0.3 is 15.5 Å². The van der Waals surface area contributed by atoms with Crippen molar-refractivity contribution in [3.63, 3.8) is 0 Å². The molecule has 3 heterocycles. The minimum absolute atomic E-state index is 0.0610. The van der Waals surface area contributed by atoms with E-state index in [-0.39, 0.29) is 17.5 Å². The van der Waals surface area contributed by atoms with Crippen LogP contribution >= 0.6 is 11.6 Å². The van der Waals surface area contributed by atoms with Gasteiger partial charge in [-0.05, 0) is 36.2 Å². The lowest BCUT2D eigenvalue weighted by Crippen LogP contribution is -2.50. The van der Waals surface area contributed by atoms with Gasteiger partial charge in [0.25, 0.3) is 11.8 Å². The van der Waals surface area contributed by atoms with Crippen LogP contribution in [0.3, 0.4) is 0 Å². The molecule has 0 saturated carbocycles. The molecule has 0 spiro atoms. The highest BCUT2D eigenvalue weighted by atomic mass is 35.5. The van der Waals surface area contributed by atoms with Crippen LogP contribution in [0.5, 0.6) is 0 Å². The summed E-state index contributed by atoms with van der Waals surface area (Å²) in [6.45, 7) is 6.21. The standard InChI is InChI=1S/C24H26ClN5O3/c1-15(2)13-22(31)28-9-11-29(12-10-28)24(33)17-5-3-16(4-6-17)19-7-8-20-18(25)14-21(23(26)32)30(20)27-19/h3-8,14-15H,9-13H2,1-2H3,(H2,26,32). The fourth-order valence-corrected chi connectivity index (χ4v) is 4.22. The van der Waals surface area contributed by atoms with Crippen molar-refractivity contribution in [3.8, 4) is 11.3 Å². The smallest absolute Gasteiger partial charge is 0.267 e. The lowest BCUT2D eigenvalue weighted by atomic mass is 10.1. The first-order valence-electron chi connectivity index (χ1n) is 10.9. The number of nitrogens with zero attached hydrogens (tertiary/aromatic N) is 4. The minimum Gasteiger partial charge on any atom is -0.364 e. The van der Waals surface area contributed by atoms with E-state index in [9.17, 15) is 14.4 Å². The molecule has 4 rings (SSSR count). The number of hydrogen-bond acceptors (Lipinski definition) is 4. The van der Waals surface area contributed by atoms with E-state index in [0.717, 1.165) is 5.56 Å². The Morgan fingerprint density at radius 1 is 1.00 bits per heavy atom. The summed E-state index contributed by atoms with van der Waals surface area (Å²) in [6.07, 6.45) is 0.533. The summed E-state index contributed by atoms with van der Waals surface area (Å²) in [5.41, 5.74) is 8.20. The first kappa shape index (κ1) is 22.8. The molecule has 1 aromatic carbocycles. The summed E-state index contributed by atoms with van der Waals surface area (Å²) >= 11 is 6.17. The van der Waals surface area contributed by atoms with Crippen molar-refractivity contribution in [2.75, 3.05) is 26.2 Å². The molecule has 0 radical (unpaired) electrons. The van der Waals surface area contributed by atoms with Gasteiger partial charge in [0.05, 0.1) is 16.2 Å². The zero-order chi connectivity index (χ0) is 23.7. The molecule has 1 saturated heterocycles. The van der Waals surface area contributed by atoms with Crippen molar-refractivity contribution in [3.05, 3.63) is 58.7 Å². The van der Waals surface area contributed by atoms with E-state index in [4.69, 9.17) is 17.3 Å². The van der Waals surface area contributed by atoms with Crippen LogP contribution in [0, 0.1) is 5.92 Å². The molecular formula is C24H26ClN5O3. The third-order valence-electron chi connectivity index (χ3n) is 5.75. The third-order valence-corrected chi connectivity index (χ3v) is 6.06. The molecule has 1 fully saturated rings. The second-order valence-corrected chi connectivity index (χ2v) is 9.01. The summed E-state index contributed by atoms with van der Waals surface area (Å²) in [6, 6.07) is 12.2. The predicted octanol–water partition coefficient (Wildman–Crippen LogP) is 3.08. The Hall–Kier alpha value is -3.39. The Labute approximate surface area is 196 Å². The quantitative estimate of drug-likeness (QED) is 0.623. The molecule has 3 aromatic rings. The van der Waals surface area contributed by atoms with E-state index >= 15 is 0 Å². The SMILES string of the molecule is CC(C)CC(=O)N1CCN(C(=O)c2ccc(-c3ccc4c(Cl)cc(C(N)=O)n4n3)cc2)CC1. The molecule has 172 valence electrons. The number of nitrogens with two attached hydrogens (primary N) is 1. The second-order valence-electron chi connectivity index (χ2n) is 8.61. The van der Waals surface area contributed by atoms with E-state index in [1.807, 2.05) is 30.9 Å². The van der Waals surface area contributed by atoms with E-state index in [0.29, 0.717) is 60.3 Å². The Bertz CT molecular complexity index is 1210. The average molecular weight is 468 g/mol. The maximum atomic E-state index is 12.9. The molecule has 0 aliphatic carbocycles. The number of piperazine rings is 1. The largest absolute Gasteiger partial charge is 0.364 e. The van der Waals surface area contributed by atoms with Crippen molar-refractivity contribution in [1.82, 2.24) is 19.4 Å². The minimum atomic E-state index is -0.617. The number of carbonyl (C=O) groups excluding carboxylic acids is 3. The van der Waals surface area contributed by atoms with E-state index in [1.54, 1.807) is 29.2 Å². The Balaban J connectivity index is 1.46. The zero-order valence-electron chi connectivity index (χ0n) is 18.6. The van der Waals surface area contributed by atoms with Gasteiger partial charge in [-0.2, -0.15) is 5.10 Å². The molecule has 8 nitrogen and oxygen atoms in total. The van der Waals surface area contributed by atoms with Crippen LogP contribution in [0.2, 0.25) is 5.02 Å². The van der Waals surface area contributed by atoms with Gasteiger partial charge in [-0.25, -0.2) is 4.52 Å². The van der Waals surface area contributed by atoms with E-state index in [1.165, 1.54) is 10.6 Å². The molecule has 0 atom stereocenters. The van der Waals surface area contributed by atoms with E-state index in [2.05, 4.69) is 5.10 Å². The number of halogens is 1. The maximum absolute atomic E-state index is 12.9. The molecule has 0 unspecified atom stereocenters. The highest BCUT2D eigenvalue weighted by Gasteiger charge is 2.25. The Kier molecular flexibility index (Phi) is 6.37. The van der Waals surface area contributed by atoms with Crippen LogP contribution in [0.25, 0.3) is 16.8 Å². The van der Waals surface area contributed by atoms with Crippen LogP contribution in [-0.2, 0) is 4.79 Å². The number of benzene rings is 1. The predicted molar refractivity (Wildman–Crippen MR) is 126 cm³/mol. The van der Waals surface area contributed by atoms with Crippen LogP contribution in [0.4, 0.5) is 0 Å². The first-order valence-corrected chi connectivity index (χ1v) is 11.3. The monoisotopic (exact) mass is 467 g/mol. The highest BCUT2D eigenvalue weighted by Crippen LogP contribution is 2.25. The van der Waals surface area contributed by atoms with Crippen molar-refractivity contribution in [2.24, 2.45) is 11.7 Å². The molecule has 1 aliphatic heterocycles.